The molecular weight excluding hydrogens is 504 g/mol. The second kappa shape index (κ2) is 14.2. The third kappa shape index (κ3) is 8.90. The Labute approximate surface area is 219 Å². The average Bonchev–Trinajstić information content (AvgIpc) is 3.25. The maximum absolute atomic E-state index is 14.1. The van der Waals surface area contributed by atoms with Crippen molar-refractivity contribution in [3.63, 3.8) is 0 Å². The van der Waals surface area contributed by atoms with E-state index >= 15 is 0 Å². The molecule has 1 aliphatic rings. The lowest BCUT2D eigenvalue weighted by molar-refractivity contribution is 0.0927. The van der Waals surface area contributed by atoms with E-state index in [9.17, 15) is 23.5 Å². The minimum atomic E-state index is -0.877. The summed E-state index contributed by atoms with van der Waals surface area (Å²) in [4.78, 5) is 26.6. The summed E-state index contributed by atoms with van der Waals surface area (Å²) >= 11 is 0.795. The van der Waals surface area contributed by atoms with Gasteiger partial charge in [0, 0.05) is 18.7 Å². The van der Waals surface area contributed by atoms with E-state index in [2.05, 4.69) is 19.9 Å². The highest BCUT2D eigenvalue weighted by Gasteiger charge is 2.22. The van der Waals surface area contributed by atoms with Gasteiger partial charge in [0.25, 0.3) is 5.91 Å². The van der Waals surface area contributed by atoms with Crippen molar-refractivity contribution >= 4 is 28.5 Å². The van der Waals surface area contributed by atoms with Crippen LogP contribution >= 0.6 is 11.5 Å². The number of aromatic nitrogens is 1. The molecule has 3 amide bonds. The smallest absolute Gasteiger partial charge is 0.319 e. The number of amides is 3. The topological polar surface area (TPSA) is 130 Å². The second-order valence-corrected chi connectivity index (χ2v) is 10.1. The van der Waals surface area contributed by atoms with Crippen molar-refractivity contribution < 1.29 is 28.2 Å². The molecule has 1 atom stereocenters. The second-order valence-electron chi connectivity index (χ2n) is 9.28. The minimum absolute atomic E-state index is 0.0437. The Balaban J connectivity index is 1.39. The van der Waals surface area contributed by atoms with Gasteiger partial charge in [-0.2, -0.15) is 4.37 Å². The Morgan fingerprint density at radius 2 is 1.95 bits per heavy atom. The SMILES string of the molecule is Cc1cc(F)c(COc2nsc(NC(=O)NCCCCCC(O)CN3CCCCC3)c2C(N)=O)cc1F. The third-order valence-corrected chi connectivity index (χ3v) is 6.99. The predicted molar refractivity (Wildman–Crippen MR) is 138 cm³/mol. The van der Waals surface area contributed by atoms with Crippen molar-refractivity contribution in [1.29, 1.82) is 0 Å². The van der Waals surface area contributed by atoms with Crippen LogP contribution in [0.25, 0.3) is 0 Å². The van der Waals surface area contributed by atoms with Crippen LogP contribution in [0.3, 0.4) is 0 Å². The number of unbranched alkanes of at least 4 members (excludes halogenated alkanes) is 2. The van der Waals surface area contributed by atoms with Crippen LogP contribution < -0.4 is 21.1 Å². The highest BCUT2D eigenvalue weighted by molar-refractivity contribution is 7.11. The van der Waals surface area contributed by atoms with E-state index in [1.807, 2.05) is 0 Å². The molecule has 0 bridgehead atoms. The van der Waals surface area contributed by atoms with Crippen molar-refractivity contribution in [2.24, 2.45) is 5.73 Å². The lowest BCUT2D eigenvalue weighted by atomic mass is 10.1. The van der Waals surface area contributed by atoms with Gasteiger partial charge in [-0.25, -0.2) is 13.6 Å². The monoisotopic (exact) mass is 539 g/mol. The number of aryl methyl sites for hydroxylation is 1. The Hall–Kier alpha value is -2.83. The number of β-amino-alcohol motifs (C(OH)–C–C–N with tert-alkyl or cyclic N) is 1. The van der Waals surface area contributed by atoms with Gasteiger partial charge >= 0.3 is 6.03 Å². The van der Waals surface area contributed by atoms with Crippen molar-refractivity contribution in [1.82, 2.24) is 14.6 Å². The number of likely N-dealkylation sites (tertiary alicyclic amines) is 1. The fraction of sp³-hybridized carbons (Fsp3) is 0.560. The van der Waals surface area contributed by atoms with Gasteiger partial charge in [0.05, 0.1) is 6.10 Å². The minimum Gasteiger partial charge on any atom is -0.471 e. The number of benzene rings is 1. The number of hydrogen-bond acceptors (Lipinski definition) is 7. The number of anilines is 1. The number of urea groups is 1. The van der Waals surface area contributed by atoms with Crippen LogP contribution in [0.2, 0.25) is 0 Å². The molecule has 9 nitrogen and oxygen atoms in total. The van der Waals surface area contributed by atoms with E-state index in [0.29, 0.717) is 6.54 Å². The van der Waals surface area contributed by atoms with Crippen LogP contribution in [0.1, 0.15) is 66.4 Å². The molecule has 5 N–H and O–H groups in total. The summed E-state index contributed by atoms with van der Waals surface area (Å²) in [6.45, 7) is 4.34. The van der Waals surface area contributed by atoms with Crippen LogP contribution in [0.5, 0.6) is 5.88 Å². The van der Waals surface area contributed by atoms with E-state index in [0.717, 1.165) is 69.0 Å². The number of nitrogens with two attached hydrogens (primary N) is 1. The summed E-state index contributed by atoms with van der Waals surface area (Å²) in [6.07, 6.45) is 6.54. The summed E-state index contributed by atoms with van der Waals surface area (Å²) in [5.41, 5.74) is 5.41. The van der Waals surface area contributed by atoms with Crippen LogP contribution in [0.4, 0.5) is 18.6 Å². The summed E-state index contributed by atoms with van der Waals surface area (Å²) in [5.74, 6) is -2.28. The molecule has 0 saturated carbocycles. The molecule has 37 heavy (non-hydrogen) atoms. The van der Waals surface area contributed by atoms with E-state index in [-0.39, 0.29) is 40.3 Å². The predicted octanol–water partition coefficient (Wildman–Crippen LogP) is 3.94. The zero-order valence-electron chi connectivity index (χ0n) is 21.0. The maximum atomic E-state index is 14.1. The number of carbonyl (C=O) groups is 2. The van der Waals surface area contributed by atoms with E-state index in [1.54, 1.807) is 0 Å². The molecule has 12 heteroatoms. The molecule has 0 spiro atoms. The largest absolute Gasteiger partial charge is 0.471 e. The lowest BCUT2D eigenvalue weighted by Crippen LogP contribution is -2.36. The number of halogens is 2. The number of hydrogen-bond donors (Lipinski definition) is 4. The Morgan fingerprint density at radius 3 is 2.68 bits per heavy atom. The summed E-state index contributed by atoms with van der Waals surface area (Å²) in [6, 6.07) is 1.54. The molecule has 1 saturated heterocycles. The number of ether oxygens (including phenoxy) is 1. The fourth-order valence-corrected chi connectivity index (χ4v) is 4.92. The number of aliphatic hydroxyl groups excluding tert-OH is 1. The molecular formula is C25H35F2N5O4S. The number of primary amides is 1. The van der Waals surface area contributed by atoms with Crippen molar-refractivity contribution in [2.45, 2.75) is 64.6 Å². The van der Waals surface area contributed by atoms with E-state index in [1.165, 1.54) is 26.2 Å². The number of rotatable bonds is 13. The van der Waals surface area contributed by atoms with Gasteiger partial charge in [0.15, 0.2) is 0 Å². The Morgan fingerprint density at radius 1 is 1.19 bits per heavy atom. The summed E-state index contributed by atoms with van der Waals surface area (Å²) in [7, 11) is 0. The zero-order valence-corrected chi connectivity index (χ0v) is 21.8. The molecule has 2 aromatic rings. The first-order chi connectivity index (χ1) is 17.7. The standard InChI is InChI=1S/C25H35F2N5O4S/c1-16-12-20(27)17(13-19(16)26)15-36-23-21(22(28)34)24(37-31-23)30-25(35)29-9-5-2-4-8-18(33)14-32-10-6-3-7-11-32/h12-13,18,33H,2-11,14-15H2,1H3,(H2,28,34)(H2,29,30,35). The summed E-state index contributed by atoms with van der Waals surface area (Å²) in [5, 5.41) is 15.6. The van der Waals surface area contributed by atoms with Gasteiger partial charge in [-0.05, 0) is 74.9 Å². The molecule has 0 aliphatic carbocycles. The van der Waals surface area contributed by atoms with Gasteiger partial charge in [-0.3, -0.25) is 10.1 Å². The van der Waals surface area contributed by atoms with Crippen LogP contribution in [-0.2, 0) is 6.61 Å². The fourth-order valence-electron chi connectivity index (χ4n) is 4.18. The van der Waals surface area contributed by atoms with Crippen molar-refractivity contribution in [3.8, 4) is 5.88 Å². The molecule has 1 aliphatic heterocycles. The number of piperidine rings is 1. The first-order valence-electron chi connectivity index (χ1n) is 12.6. The van der Waals surface area contributed by atoms with Crippen molar-refractivity contribution in [2.75, 3.05) is 31.5 Å². The normalized spacial score (nSPS) is 14.8. The molecule has 3 rings (SSSR count). The Kier molecular flexibility index (Phi) is 11.0. The highest BCUT2D eigenvalue weighted by Crippen LogP contribution is 2.31. The van der Waals surface area contributed by atoms with Gasteiger partial charge in [-0.15, -0.1) is 0 Å². The van der Waals surface area contributed by atoms with Gasteiger partial charge in [0.1, 0.15) is 28.8 Å². The third-order valence-electron chi connectivity index (χ3n) is 6.24. The van der Waals surface area contributed by atoms with E-state index in [4.69, 9.17) is 10.5 Å². The first-order valence-corrected chi connectivity index (χ1v) is 13.3. The first kappa shape index (κ1) is 28.7. The van der Waals surface area contributed by atoms with Crippen molar-refractivity contribution in [3.05, 3.63) is 40.5 Å². The molecule has 1 unspecified atom stereocenters. The number of nitrogens with zero attached hydrogens (tertiary/aromatic N) is 2. The maximum Gasteiger partial charge on any atom is 0.319 e. The molecule has 2 heterocycles. The van der Waals surface area contributed by atoms with Crippen LogP contribution in [-0.4, -0.2) is 58.6 Å². The summed E-state index contributed by atoms with van der Waals surface area (Å²) < 4.78 is 37.2. The molecule has 0 radical (unpaired) electrons. The molecule has 1 aromatic carbocycles. The zero-order chi connectivity index (χ0) is 26.8. The molecule has 1 fully saturated rings. The quantitative estimate of drug-likeness (QED) is 0.285. The van der Waals surface area contributed by atoms with Gasteiger partial charge in [-0.1, -0.05) is 19.3 Å². The average molecular weight is 540 g/mol. The van der Waals surface area contributed by atoms with E-state index < -0.39 is 23.6 Å². The lowest BCUT2D eigenvalue weighted by Gasteiger charge is -2.28. The number of nitrogens with one attached hydrogen (secondary N) is 2. The Bertz CT molecular complexity index is 1060. The van der Waals surface area contributed by atoms with Gasteiger partial charge < -0.3 is 25.8 Å². The molecule has 204 valence electrons. The van der Waals surface area contributed by atoms with Crippen LogP contribution in [0.15, 0.2) is 12.1 Å². The van der Waals surface area contributed by atoms with Gasteiger partial charge in [0.2, 0.25) is 5.88 Å². The molecule has 1 aromatic heterocycles. The van der Waals surface area contributed by atoms with Crippen LogP contribution in [0, 0.1) is 18.6 Å². The highest BCUT2D eigenvalue weighted by atomic mass is 32.1. The number of aliphatic hydroxyl groups is 1. The number of carbonyl (C=O) groups excluding carboxylic acids is 2.